The average molecular weight is 222 g/mol. The number of hydrogen-bond donors (Lipinski definition) is 0. The Bertz CT molecular complexity index is 269. The quantitative estimate of drug-likeness (QED) is 0.601. The largest absolute Gasteiger partial charge is 0.333 e. The second-order valence-electron chi connectivity index (χ2n) is 4.72. The van der Waals surface area contributed by atoms with Gasteiger partial charge in [-0.05, 0) is 20.3 Å². The summed E-state index contributed by atoms with van der Waals surface area (Å²) in [6.45, 7) is 7.64. The minimum absolute atomic E-state index is 1.14. The second-order valence-corrected chi connectivity index (χ2v) is 4.72. The average Bonchev–Trinajstić information content (AvgIpc) is 2.59. The zero-order chi connectivity index (χ0) is 11.8. The van der Waals surface area contributed by atoms with Crippen molar-refractivity contribution in [3.8, 4) is 0 Å². The monoisotopic (exact) mass is 222 g/mol. The lowest BCUT2D eigenvalue weighted by Gasteiger charge is -2.07. The van der Waals surface area contributed by atoms with Gasteiger partial charge in [-0.2, -0.15) is 0 Å². The first kappa shape index (κ1) is 13.3. The molecule has 16 heavy (non-hydrogen) atoms. The number of hydrogen-bond acceptors (Lipinski definition) is 1. The highest BCUT2D eigenvalue weighted by Crippen LogP contribution is 2.10. The molecular weight excluding hydrogens is 196 g/mol. The normalized spacial score (nSPS) is 10.9. The van der Waals surface area contributed by atoms with Gasteiger partial charge in [-0.3, -0.25) is 0 Å². The molecule has 0 aromatic carbocycles. The van der Waals surface area contributed by atoms with Crippen LogP contribution < -0.4 is 0 Å². The third kappa shape index (κ3) is 4.38. The van der Waals surface area contributed by atoms with Crippen LogP contribution in [0.3, 0.4) is 0 Å². The highest BCUT2D eigenvalue weighted by atomic mass is 15.1. The van der Waals surface area contributed by atoms with Crippen LogP contribution in [0.5, 0.6) is 0 Å². The topological polar surface area (TPSA) is 17.8 Å². The summed E-state index contributed by atoms with van der Waals surface area (Å²) < 4.78 is 2.33. The molecule has 0 aliphatic rings. The van der Waals surface area contributed by atoms with Gasteiger partial charge in [-0.25, -0.2) is 4.98 Å². The van der Waals surface area contributed by atoms with E-state index in [1.807, 2.05) is 6.20 Å². The van der Waals surface area contributed by atoms with E-state index in [-0.39, 0.29) is 0 Å². The highest BCUT2D eigenvalue weighted by Gasteiger charge is 2.01. The zero-order valence-corrected chi connectivity index (χ0v) is 11.1. The van der Waals surface area contributed by atoms with Crippen molar-refractivity contribution in [1.82, 2.24) is 9.55 Å². The molecule has 0 N–H and O–H groups in total. The van der Waals surface area contributed by atoms with Crippen molar-refractivity contribution in [2.24, 2.45) is 0 Å². The van der Waals surface area contributed by atoms with Gasteiger partial charge in [0.1, 0.15) is 5.82 Å². The van der Waals surface area contributed by atoms with Gasteiger partial charge < -0.3 is 4.57 Å². The Labute approximate surface area is 100 Å². The van der Waals surface area contributed by atoms with Crippen LogP contribution in [-0.4, -0.2) is 9.55 Å². The predicted octanol–water partition coefficient (Wildman–Crippen LogP) is 4.25. The fourth-order valence-corrected chi connectivity index (χ4v) is 2.15. The molecule has 0 saturated carbocycles. The summed E-state index contributed by atoms with van der Waals surface area (Å²) in [7, 11) is 0. The van der Waals surface area contributed by atoms with Gasteiger partial charge in [0.2, 0.25) is 0 Å². The predicted molar refractivity (Wildman–Crippen MR) is 69.7 cm³/mol. The van der Waals surface area contributed by atoms with E-state index in [1.165, 1.54) is 50.6 Å². The van der Waals surface area contributed by atoms with E-state index in [1.54, 1.807) is 0 Å². The summed E-state index contributed by atoms with van der Waals surface area (Å²) in [4.78, 5) is 4.32. The van der Waals surface area contributed by atoms with Gasteiger partial charge in [0.15, 0.2) is 0 Å². The fraction of sp³-hybridized carbons (Fsp3) is 0.786. The highest BCUT2D eigenvalue weighted by molar-refractivity contribution is 5.01. The Morgan fingerprint density at radius 2 is 1.62 bits per heavy atom. The number of aryl methyl sites for hydroxylation is 2. The van der Waals surface area contributed by atoms with Crippen LogP contribution in [-0.2, 0) is 6.54 Å². The van der Waals surface area contributed by atoms with Crippen LogP contribution in [0, 0.1) is 13.8 Å². The van der Waals surface area contributed by atoms with Crippen LogP contribution in [0.2, 0.25) is 0 Å². The first-order valence-electron chi connectivity index (χ1n) is 6.74. The molecule has 1 rings (SSSR count). The molecule has 0 aliphatic carbocycles. The lowest BCUT2D eigenvalue weighted by molar-refractivity contribution is 0.540. The first-order chi connectivity index (χ1) is 7.75. The van der Waals surface area contributed by atoms with E-state index in [0.717, 1.165) is 12.4 Å². The SMILES string of the molecule is CCCCCCCCCn1c(C)cnc1C. The van der Waals surface area contributed by atoms with E-state index < -0.39 is 0 Å². The fourth-order valence-electron chi connectivity index (χ4n) is 2.15. The molecule has 0 unspecified atom stereocenters. The molecule has 0 radical (unpaired) electrons. The number of rotatable bonds is 8. The summed E-state index contributed by atoms with van der Waals surface area (Å²) in [5.41, 5.74) is 1.29. The van der Waals surface area contributed by atoms with Gasteiger partial charge >= 0.3 is 0 Å². The summed E-state index contributed by atoms with van der Waals surface area (Å²) in [5.74, 6) is 1.16. The minimum Gasteiger partial charge on any atom is -0.333 e. The third-order valence-corrected chi connectivity index (χ3v) is 3.24. The molecule has 0 spiro atoms. The molecule has 0 amide bonds. The third-order valence-electron chi connectivity index (χ3n) is 3.24. The van der Waals surface area contributed by atoms with Crippen LogP contribution in [0.4, 0.5) is 0 Å². The maximum absolute atomic E-state index is 4.32. The van der Waals surface area contributed by atoms with Crippen molar-refractivity contribution in [2.45, 2.75) is 72.3 Å². The van der Waals surface area contributed by atoms with Crippen molar-refractivity contribution in [3.63, 3.8) is 0 Å². The number of unbranched alkanes of at least 4 members (excludes halogenated alkanes) is 6. The lowest BCUT2D eigenvalue weighted by Crippen LogP contribution is -2.02. The van der Waals surface area contributed by atoms with Crippen LogP contribution in [0.15, 0.2) is 6.20 Å². The Balaban J connectivity index is 2.07. The Morgan fingerprint density at radius 3 is 2.19 bits per heavy atom. The van der Waals surface area contributed by atoms with Crippen molar-refractivity contribution in [3.05, 3.63) is 17.7 Å². The van der Waals surface area contributed by atoms with Gasteiger partial charge in [0, 0.05) is 18.4 Å². The van der Waals surface area contributed by atoms with Crippen molar-refractivity contribution in [2.75, 3.05) is 0 Å². The van der Waals surface area contributed by atoms with Gasteiger partial charge in [-0.15, -0.1) is 0 Å². The lowest BCUT2D eigenvalue weighted by atomic mass is 10.1. The summed E-state index contributed by atoms with van der Waals surface area (Å²) in [6.07, 6.45) is 11.6. The number of nitrogens with zero attached hydrogens (tertiary/aromatic N) is 2. The standard InChI is InChI=1S/C14H26N2/c1-4-5-6-7-8-9-10-11-16-13(2)12-15-14(16)3/h12H,4-11H2,1-3H3. The number of imidazole rings is 1. The van der Waals surface area contributed by atoms with E-state index in [9.17, 15) is 0 Å². The van der Waals surface area contributed by atoms with E-state index >= 15 is 0 Å². The molecule has 92 valence electrons. The molecular formula is C14H26N2. The molecule has 2 heteroatoms. The number of aromatic nitrogens is 2. The summed E-state index contributed by atoms with van der Waals surface area (Å²) in [5, 5.41) is 0. The minimum atomic E-state index is 1.14. The molecule has 0 atom stereocenters. The zero-order valence-electron chi connectivity index (χ0n) is 11.1. The molecule has 0 fully saturated rings. The van der Waals surface area contributed by atoms with E-state index in [0.29, 0.717) is 0 Å². The van der Waals surface area contributed by atoms with Gasteiger partial charge in [0.25, 0.3) is 0 Å². The Morgan fingerprint density at radius 1 is 1.00 bits per heavy atom. The molecule has 0 aliphatic heterocycles. The summed E-state index contributed by atoms with van der Waals surface area (Å²) in [6, 6.07) is 0. The molecule has 0 bridgehead atoms. The van der Waals surface area contributed by atoms with Crippen molar-refractivity contribution >= 4 is 0 Å². The summed E-state index contributed by atoms with van der Waals surface area (Å²) >= 11 is 0. The first-order valence-corrected chi connectivity index (χ1v) is 6.74. The van der Waals surface area contributed by atoms with Gasteiger partial charge in [-0.1, -0.05) is 45.4 Å². The molecule has 1 heterocycles. The Kier molecular flexibility index (Phi) is 6.20. The molecule has 1 aromatic heterocycles. The Hall–Kier alpha value is -0.790. The molecule has 0 saturated heterocycles. The van der Waals surface area contributed by atoms with E-state index in [4.69, 9.17) is 0 Å². The molecule has 1 aromatic rings. The molecule has 2 nitrogen and oxygen atoms in total. The van der Waals surface area contributed by atoms with Gasteiger partial charge in [0.05, 0.1) is 0 Å². The van der Waals surface area contributed by atoms with Crippen LogP contribution >= 0.6 is 0 Å². The smallest absolute Gasteiger partial charge is 0.105 e. The van der Waals surface area contributed by atoms with Crippen molar-refractivity contribution < 1.29 is 0 Å². The second kappa shape index (κ2) is 7.48. The van der Waals surface area contributed by atoms with E-state index in [2.05, 4.69) is 30.3 Å². The van der Waals surface area contributed by atoms with Crippen LogP contribution in [0.1, 0.15) is 63.4 Å². The maximum atomic E-state index is 4.32. The maximum Gasteiger partial charge on any atom is 0.105 e. The van der Waals surface area contributed by atoms with Crippen LogP contribution in [0.25, 0.3) is 0 Å². The van der Waals surface area contributed by atoms with Crippen molar-refractivity contribution in [1.29, 1.82) is 0 Å².